The molecule has 0 aromatic heterocycles. The molecule has 2 aliphatic heterocycles. The molecule has 1 atom stereocenters. The first kappa shape index (κ1) is 17.7. The van der Waals surface area contributed by atoms with Crippen molar-refractivity contribution in [2.24, 2.45) is 0 Å². The van der Waals surface area contributed by atoms with Crippen molar-refractivity contribution in [2.75, 3.05) is 38.1 Å². The van der Waals surface area contributed by atoms with E-state index in [0.717, 1.165) is 24.2 Å². The van der Waals surface area contributed by atoms with Crippen molar-refractivity contribution in [3.63, 3.8) is 0 Å². The minimum absolute atomic E-state index is 0.114. The highest BCUT2D eigenvalue weighted by Crippen LogP contribution is 2.33. The molecule has 5 nitrogen and oxygen atoms in total. The maximum atomic E-state index is 12.8. The van der Waals surface area contributed by atoms with Crippen LogP contribution in [0.4, 0.5) is 5.69 Å². The molecule has 0 aliphatic carbocycles. The van der Waals surface area contributed by atoms with Gasteiger partial charge in [-0.15, -0.1) is 0 Å². The highest BCUT2D eigenvalue weighted by molar-refractivity contribution is 5.96. The molecule has 0 radical (unpaired) electrons. The summed E-state index contributed by atoms with van der Waals surface area (Å²) < 4.78 is 0. The minimum Gasteiger partial charge on any atom is -0.340 e. The molecular weight excluding hydrogens is 338 g/mol. The van der Waals surface area contributed by atoms with E-state index in [1.807, 2.05) is 77.5 Å². The van der Waals surface area contributed by atoms with Gasteiger partial charge in [-0.1, -0.05) is 48.5 Å². The first-order valence-electron chi connectivity index (χ1n) is 9.46. The summed E-state index contributed by atoms with van der Waals surface area (Å²) >= 11 is 0. The lowest BCUT2D eigenvalue weighted by molar-refractivity contribution is -0.130. The second-order valence-electron chi connectivity index (χ2n) is 7.62. The molecule has 0 bridgehead atoms. The predicted molar refractivity (Wildman–Crippen MR) is 105 cm³/mol. The van der Waals surface area contributed by atoms with Crippen LogP contribution in [0.2, 0.25) is 0 Å². The van der Waals surface area contributed by atoms with Crippen LogP contribution < -0.4 is 4.90 Å². The van der Waals surface area contributed by atoms with Gasteiger partial charge in [0.1, 0.15) is 0 Å². The molecule has 1 spiro atoms. The van der Waals surface area contributed by atoms with E-state index in [1.54, 1.807) is 0 Å². The summed E-state index contributed by atoms with van der Waals surface area (Å²) in [6.07, 6.45) is 1.32. The Hall–Kier alpha value is -2.66. The van der Waals surface area contributed by atoms with Gasteiger partial charge in [0.05, 0.1) is 18.5 Å². The van der Waals surface area contributed by atoms with Crippen molar-refractivity contribution in [3.05, 3.63) is 66.2 Å². The van der Waals surface area contributed by atoms with Crippen LogP contribution in [-0.4, -0.2) is 60.4 Å². The van der Waals surface area contributed by atoms with Gasteiger partial charge in [-0.25, -0.2) is 0 Å². The average molecular weight is 363 g/mol. The fourth-order valence-corrected chi connectivity index (χ4v) is 4.19. The molecule has 0 saturated carbocycles. The maximum Gasteiger partial charge on any atom is 0.241 e. The zero-order valence-corrected chi connectivity index (χ0v) is 15.7. The molecule has 2 heterocycles. The van der Waals surface area contributed by atoms with Crippen molar-refractivity contribution >= 4 is 17.5 Å². The van der Waals surface area contributed by atoms with Crippen molar-refractivity contribution in [3.8, 4) is 0 Å². The Morgan fingerprint density at radius 1 is 1.00 bits per heavy atom. The van der Waals surface area contributed by atoms with E-state index in [0.29, 0.717) is 26.1 Å². The van der Waals surface area contributed by atoms with Gasteiger partial charge in [0.15, 0.2) is 0 Å². The summed E-state index contributed by atoms with van der Waals surface area (Å²) in [6, 6.07) is 19.7. The molecule has 27 heavy (non-hydrogen) atoms. The van der Waals surface area contributed by atoms with Crippen molar-refractivity contribution in [1.29, 1.82) is 0 Å². The van der Waals surface area contributed by atoms with E-state index in [-0.39, 0.29) is 17.4 Å². The predicted octanol–water partition coefficient (Wildman–Crippen LogP) is 2.18. The van der Waals surface area contributed by atoms with Gasteiger partial charge in [0, 0.05) is 25.3 Å². The van der Waals surface area contributed by atoms with Crippen molar-refractivity contribution in [1.82, 2.24) is 9.80 Å². The Morgan fingerprint density at radius 3 is 2.37 bits per heavy atom. The highest BCUT2D eigenvalue weighted by atomic mass is 16.2. The summed E-state index contributed by atoms with van der Waals surface area (Å²) in [4.78, 5) is 31.4. The van der Waals surface area contributed by atoms with Gasteiger partial charge in [0.2, 0.25) is 11.8 Å². The van der Waals surface area contributed by atoms with Crippen LogP contribution in [0.1, 0.15) is 12.0 Å². The second-order valence-corrected chi connectivity index (χ2v) is 7.62. The van der Waals surface area contributed by atoms with Crippen LogP contribution >= 0.6 is 0 Å². The van der Waals surface area contributed by atoms with Gasteiger partial charge < -0.3 is 9.80 Å². The number of amides is 2. The number of carbonyl (C=O) groups is 2. The SMILES string of the molecule is CN1CC(=O)N(c2ccccc2)C[C@@]12CCN(C(=O)Cc1ccccc1)C2. The maximum absolute atomic E-state index is 12.8. The normalized spacial score (nSPS) is 23.2. The number of anilines is 1. The minimum atomic E-state index is -0.171. The van der Waals surface area contributed by atoms with Gasteiger partial charge in [-0.2, -0.15) is 0 Å². The lowest BCUT2D eigenvalue weighted by atomic mass is 9.92. The van der Waals surface area contributed by atoms with Crippen LogP contribution in [0.15, 0.2) is 60.7 Å². The van der Waals surface area contributed by atoms with E-state index in [9.17, 15) is 9.59 Å². The van der Waals surface area contributed by atoms with Crippen LogP contribution in [0, 0.1) is 0 Å². The Balaban J connectivity index is 1.49. The largest absolute Gasteiger partial charge is 0.340 e. The van der Waals surface area contributed by atoms with Gasteiger partial charge in [0.25, 0.3) is 0 Å². The van der Waals surface area contributed by atoms with E-state index >= 15 is 0 Å². The molecule has 2 saturated heterocycles. The van der Waals surface area contributed by atoms with E-state index < -0.39 is 0 Å². The number of likely N-dealkylation sites (tertiary alicyclic amines) is 1. The number of hydrogen-bond acceptors (Lipinski definition) is 3. The van der Waals surface area contributed by atoms with Crippen LogP contribution in [0.3, 0.4) is 0 Å². The zero-order valence-electron chi connectivity index (χ0n) is 15.7. The number of carbonyl (C=O) groups excluding carboxylic acids is 2. The third-order valence-corrected chi connectivity index (χ3v) is 5.89. The first-order chi connectivity index (χ1) is 13.1. The average Bonchev–Trinajstić information content (AvgIpc) is 3.12. The van der Waals surface area contributed by atoms with Crippen LogP contribution in [-0.2, 0) is 16.0 Å². The van der Waals surface area contributed by atoms with Crippen LogP contribution in [0.25, 0.3) is 0 Å². The molecule has 2 aromatic rings. The quantitative estimate of drug-likeness (QED) is 0.840. The summed E-state index contributed by atoms with van der Waals surface area (Å²) in [5.74, 6) is 0.276. The summed E-state index contributed by atoms with van der Waals surface area (Å²) in [5.41, 5.74) is 1.81. The number of nitrogens with zero attached hydrogens (tertiary/aromatic N) is 3. The zero-order chi connectivity index (χ0) is 18.9. The molecule has 140 valence electrons. The summed E-state index contributed by atoms with van der Waals surface area (Å²) in [6.45, 7) is 2.43. The van der Waals surface area contributed by atoms with Gasteiger partial charge in [-0.05, 0) is 31.2 Å². The van der Waals surface area contributed by atoms with Crippen molar-refractivity contribution < 1.29 is 9.59 Å². The van der Waals surface area contributed by atoms with E-state index in [1.165, 1.54) is 0 Å². The molecule has 0 N–H and O–H groups in total. The first-order valence-corrected chi connectivity index (χ1v) is 9.46. The fourth-order valence-electron chi connectivity index (χ4n) is 4.19. The molecule has 2 amide bonds. The van der Waals surface area contributed by atoms with E-state index in [2.05, 4.69) is 4.90 Å². The van der Waals surface area contributed by atoms with Crippen molar-refractivity contribution in [2.45, 2.75) is 18.4 Å². The lowest BCUT2D eigenvalue weighted by Gasteiger charge is -2.46. The third kappa shape index (κ3) is 3.47. The van der Waals surface area contributed by atoms with Gasteiger partial charge >= 0.3 is 0 Å². The fraction of sp³-hybridized carbons (Fsp3) is 0.364. The highest BCUT2D eigenvalue weighted by Gasteiger charge is 2.48. The monoisotopic (exact) mass is 363 g/mol. The number of para-hydroxylation sites is 1. The molecule has 4 rings (SSSR count). The molecular formula is C22H25N3O2. The lowest BCUT2D eigenvalue weighted by Crippen LogP contribution is -2.64. The number of rotatable bonds is 3. The Kier molecular flexibility index (Phi) is 4.70. The molecule has 5 heteroatoms. The number of hydrogen-bond donors (Lipinski definition) is 0. The number of benzene rings is 2. The number of piperazine rings is 1. The van der Waals surface area contributed by atoms with E-state index in [4.69, 9.17) is 0 Å². The topological polar surface area (TPSA) is 43.9 Å². The Labute approximate surface area is 160 Å². The molecule has 0 unspecified atom stereocenters. The molecule has 2 fully saturated rings. The van der Waals surface area contributed by atoms with Gasteiger partial charge in [-0.3, -0.25) is 14.5 Å². The molecule has 2 aliphatic rings. The Morgan fingerprint density at radius 2 is 1.67 bits per heavy atom. The Bertz CT molecular complexity index is 824. The van der Waals surface area contributed by atoms with Crippen LogP contribution in [0.5, 0.6) is 0 Å². The standard InChI is InChI=1S/C22H25N3O2/c1-23-15-21(27)25(19-10-6-3-7-11-19)17-22(23)12-13-24(16-22)20(26)14-18-8-4-2-5-9-18/h2-11H,12-17H2,1H3/t22-/m0/s1. The molecule has 2 aromatic carbocycles. The summed E-state index contributed by atoms with van der Waals surface area (Å²) in [5, 5.41) is 0. The third-order valence-electron chi connectivity index (χ3n) is 5.89. The summed E-state index contributed by atoms with van der Waals surface area (Å²) in [7, 11) is 2.01. The second kappa shape index (κ2) is 7.16. The number of likely N-dealkylation sites (N-methyl/N-ethyl adjacent to an activating group) is 1. The smallest absolute Gasteiger partial charge is 0.241 e.